The smallest absolute Gasteiger partial charge is 0.123 e. The summed E-state index contributed by atoms with van der Waals surface area (Å²) in [7, 11) is 0. The SMILES string of the molecule is CC1Cc2cc(C3C(CN)C3(C)C)ccc2O1. The summed E-state index contributed by atoms with van der Waals surface area (Å²) in [4.78, 5) is 0. The molecule has 1 heterocycles. The first-order chi connectivity index (χ1) is 8.04. The molecular weight excluding hydrogens is 210 g/mol. The van der Waals surface area contributed by atoms with Gasteiger partial charge in [-0.2, -0.15) is 0 Å². The van der Waals surface area contributed by atoms with Gasteiger partial charge in [-0.15, -0.1) is 0 Å². The third-order valence-corrected chi connectivity index (χ3v) is 4.58. The summed E-state index contributed by atoms with van der Waals surface area (Å²) in [5, 5.41) is 0. The van der Waals surface area contributed by atoms with Crippen molar-refractivity contribution in [3.05, 3.63) is 29.3 Å². The van der Waals surface area contributed by atoms with Crippen LogP contribution in [0.4, 0.5) is 0 Å². The minimum atomic E-state index is 0.331. The minimum absolute atomic E-state index is 0.331. The van der Waals surface area contributed by atoms with Gasteiger partial charge in [0, 0.05) is 6.42 Å². The van der Waals surface area contributed by atoms with Crippen LogP contribution in [0.25, 0.3) is 0 Å². The molecule has 3 rings (SSSR count). The normalized spacial score (nSPS) is 33.1. The summed E-state index contributed by atoms with van der Waals surface area (Å²) >= 11 is 0. The van der Waals surface area contributed by atoms with Gasteiger partial charge in [-0.1, -0.05) is 26.0 Å². The van der Waals surface area contributed by atoms with Crippen molar-refractivity contribution in [3.63, 3.8) is 0 Å². The lowest BCUT2D eigenvalue weighted by Crippen LogP contribution is -2.05. The van der Waals surface area contributed by atoms with Crippen molar-refractivity contribution >= 4 is 0 Å². The second kappa shape index (κ2) is 3.49. The fourth-order valence-electron chi connectivity index (χ4n) is 3.48. The summed E-state index contributed by atoms with van der Waals surface area (Å²) in [6, 6.07) is 6.69. The molecule has 0 amide bonds. The van der Waals surface area contributed by atoms with Gasteiger partial charge in [-0.3, -0.25) is 0 Å². The van der Waals surface area contributed by atoms with Crippen molar-refractivity contribution in [1.29, 1.82) is 0 Å². The number of fused-ring (bicyclic) bond motifs is 1. The molecule has 0 bridgehead atoms. The van der Waals surface area contributed by atoms with E-state index in [0.29, 0.717) is 23.4 Å². The number of nitrogens with two attached hydrogens (primary N) is 1. The lowest BCUT2D eigenvalue weighted by Gasteiger charge is -2.05. The minimum Gasteiger partial charge on any atom is -0.490 e. The number of rotatable bonds is 2. The van der Waals surface area contributed by atoms with Crippen molar-refractivity contribution in [3.8, 4) is 5.75 Å². The molecule has 0 radical (unpaired) electrons. The van der Waals surface area contributed by atoms with Crippen molar-refractivity contribution in [2.75, 3.05) is 6.54 Å². The highest BCUT2D eigenvalue weighted by atomic mass is 16.5. The average Bonchev–Trinajstić information content (AvgIpc) is 2.63. The molecule has 1 aromatic rings. The van der Waals surface area contributed by atoms with Crippen LogP contribution in [0.5, 0.6) is 5.75 Å². The molecule has 2 aliphatic rings. The van der Waals surface area contributed by atoms with E-state index in [9.17, 15) is 0 Å². The summed E-state index contributed by atoms with van der Waals surface area (Å²) in [5.74, 6) is 2.35. The third kappa shape index (κ3) is 1.58. The summed E-state index contributed by atoms with van der Waals surface area (Å²) in [6.45, 7) is 7.56. The molecule has 2 nitrogen and oxygen atoms in total. The van der Waals surface area contributed by atoms with Gasteiger partial charge in [0.15, 0.2) is 0 Å². The molecule has 1 saturated carbocycles. The largest absolute Gasteiger partial charge is 0.490 e. The standard InChI is InChI=1S/C15H21NO/c1-9-6-11-7-10(4-5-13(11)17-9)14-12(8-16)15(14,2)3/h4-5,7,9,12,14H,6,8,16H2,1-3H3. The van der Waals surface area contributed by atoms with Crippen molar-refractivity contribution < 1.29 is 4.74 Å². The topological polar surface area (TPSA) is 35.2 Å². The molecule has 1 fully saturated rings. The Morgan fingerprint density at radius 1 is 1.41 bits per heavy atom. The molecule has 0 aromatic heterocycles. The highest BCUT2D eigenvalue weighted by Crippen LogP contribution is 2.64. The molecule has 17 heavy (non-hydrogen) atoms. The first-order valence-electron chi connectivity index (χ1n) is 6.53. The Kier molecular flexibility index (Phi) is 2.27. The predicted octanol–water partition coefficient (Wildman–Crippen LogP) is 2.71. The van der Waals surface area contributed by atoms with E-state index in [2.05, 4.69) is 39.0 Å². The van der Waals surface area contributed by atoms with Crippen LogP contribution in [0.1, 0.15) is 37.8 Å². The Morgan fingerprint density at radius 3 is 2.82 bits per heavy atom. The van der Waals surface area contributed by atoms with E-state index < -0.39 is 0 Å². The van der Waals surface area contributed by atoms with Crippen LogP contribution in [0.2, 0.25) is 0 Å². The highest BCUT2D eigenvalue weighted by molar-refractivity contribution is 5.44. The lowest BCUT2D eigenvalue weighted by molar-refractivity contribution is 0.254. The summed E-state index contributed by atoms with van der Waals surface area (Å²) in [6.07, 6.45) is 1.38. The van der Waals surface area contributed by atoms with Crippen LogP contribution < -0.4 is 10.5 Å². The Balaban J connectivity index is 1.90. The van der Waals surface area contributed by atoms with Gasteiger partial charge in [-0.05, 0) is 47.9 Å². The van der Waals surface area contributed by atoms with E-state index in [0.717, 1.165) is 18.7 Å². The maximum absolute atomic E-state index is 5.85. The van der Waals surface area contributed by atoms with Crippen LogP contribution >= 0.6 is 0 Å². The van der Waals surface area contributed by atoms with E-state index in [1.54, 1.807) is 0 Å². The van der Waals surface area contributed by atoms with Crippen LogP contribution in [-0.2, 0) is 6.42 Å². The molecular formula is C15H21NO. The fraction of sp³-hybridized carbons (Fsp3) is 0.600. The number of benzene rings is 1. The molecule has 2 N–H and O–H groups in total. The summed E-state index contributed by atoms with van der Waals surface area (Å²) in [5.41, 5.74) is 9.03. The van der Waals surface area contributed by atoms with E-state index in [1.165, 1.54) is 11.1 Å². The Labute approximate surface area is 103 Å². The van der Waals surface area contributed by atoms with Gasteiger partial charge in [0.05, 0.1) is 0 Å². The molecule has 2 heteroatoms. The third-order valence-electron chi connectivity index (χ3n) is 4.58. The van der Waals surface area contributed by atoms with Crippen LogP contribution in [0.3, 0.4) is 0 Å². The summed E-state index contributed by atoms with van der Waals surface area (Å²) < 4.78 is 5.74. The molecule has 3 unspecified atom stereocenters. The molecule has 92 valence electrons. The Hall–Kier alpha value is -1.02. The number of ether oxygens (including phenoxy) is 1. The highest BCUT2D eigenvalue weighted by Gasteiger charge is 2.57. The van der Waals surface area contributed by atoms with Gasteiger partial charge >= 0.3 is 0 Å². The van der Waals surface area contributed by atoms with E-state index in [1.807, 2.05) is 0 Å². The van der Waals surface area contributed by atoms with Gasteiger partial charge in [0.1, 0.15) is 11.9 Å². The van der Waals surface area contributed by atoms with Crippen molar-refractivity contribution in [2.45, 2.75) is 39.2 Å². The average molecular weight is 231 g/mol. The van der Waals surface area contributed by atoms with Crippen LogP contribution in [-0.4, -0.2) is 12.6 Å². The van der Waals surface area contributed by atoms with Gasteiger partial charge in [0.2, 0.25) is 0 Å². The Morgan fingerprint density at radius 2 is 2.18 bits per heavy atom. The second-order valence-electron chi connectivity index (χ2n) is 6.14. The van der Waals surface area contributed by atoms with Gasteiger partial charge < -0.3 is 10.5 Å². The van der Waals surface area contributed by atoms with E-state index in [4.69, 9.17) is 10.5 Å². The van der Waals surface area contributed by atoms with Crippen LogP contribution in [0.15, 0.2) is 18.2 Å². The first kappa shape index (κ1) is 11.1. The maximum atomic E-state index is 5.85. The zero-order valence-corrected chi connectivity index (χ0v) is 10.9. The van der Waals surface area contributed by atoms with Crippen molar-refractivity contribution in [1.82, 2.24) is 0 Å². The van der Waals surface area contributed by atoms with Gasteiger partial charge in [-0.25, -0.2) is 0 Å². The molecule has 1 aromatic carbocycles. The monoisotopic (exact) mass is 231 g/mol. The van der Waals surface area contributed by atoms with Gasteiger partial charge in [0.25, 0.3) is 0 Å². The van der Waals surface area contributed by atoms with E-state index >= 15 is 0 Å². The van der Waals surface area contributed by atoms with E-state index in [-0.39, 0.29) is 0 Å². The second-order valence-corrected chi connectivity index (χ2v) is 6.14. The van der Waals surface area contributed by atoms with Crippen molar-refractivity contribution in [2.24, 2.45) is 17.1 Å². The predicted molar refractivity (Wildman–Crippen MR) is 69.3 cm³/mol. The quantitative estimate of drug-likeness (QED) is 0.849. The molecule has 1 aliphatic carbocycles. The number of hydrogen-bond acceptors (Lipinski definition) is 2. The zero-order valence-electron chi connectivity index (χ0n) is 10.9. The fourth-order valence-corrected chi connectivity index (χ4v) is 3.48. The molecule has 3 atom stereocenters. The van der Waals surface area contributed by atoms with Crippen LogP contribution in [0, 0.1) is 11.3 Å². The molecule has 0 spiro atoms. The Bertz CT molecular complexity index is 452. The lowest BCUT2D eigenvalue weighted by atomic mass is 10.00. The first-order valence-corrected chi connectivity index (χ1v) is 6.53. The number of hydrogen-bond donors (Lipinski definition) is 1. The maximum Gasteiger partial charge on any atom is 0.123 e. The molecule has 0 saturated heterocycles. The molecule has 1 aliphatic heterocycles. The zero-order chi connectivity index (χ0) is 12.2.